The van der Waals surface area contributed by atoms with E-state index in [1.54, 1.807) is 6.07 Å². The number of halogens is 1. The quantitative estimate of drug-likeness (QED) is 0.861. The number of hydrogen-bond acceptors (Lipinski definition) is 2. The molecule has 0 radical (unpaired) electrons. The highest BCUT2D eigenvalue weighted by atomic mass is 19.1. The standard InChI is InChI=1S/C18H22FNO/c1-13-5-4-6-16(11-13)21-10-9-18(20-3)17-12-15(19)8-7-14(17)2/h4-8,11-12,18,20H,9-10H2,1-3H3. The Morgan fingerprint density at radius 1 is 1.14 bits per heavy atom. The second-order valence-corrected chi connectivity index (χ2v) is 5.30. The van der Waals surface area contributed by atoms with Crippen LogP contribution in [0.5, 0.6) is 5.75 Å². The summed E-state index contributed by atoms with van der Waals surface area (Å²) in [7, 11) is 1.89. The molecule has 0 aromatic heterocycles. The van der Waals surface area contributed by atoms with Crippen molar-refractivity contribution < 1.29 is 9.13 Å². The van der Waals surface area contributed by atoms with Gasteiger partial charge in [0.2, 0.25) is 0 Å². The number of ether oxygens (including phenoxy) is 1. The molecule has 0 bridgehead atoms. The Bertz CT molecular complexity index is 598. The molecule has 2 aromatic rings. The van der Waals surface area contributed by atoms with Crippen LogP contribution in [0.25, 0.3) is 0 Å². The molecule has 112 valence electrons. The molecule has 2 nitrogen and oxygen atoms in total. The minimum absolute atomic E-state index is 0.0884. The molecule has 1 unspecified atom stereocenters. The first-order valence-corrected chi connectivity index (χ1v) is 7.23. The maximum Gasteiger partial charge on any atom is 0.123 e. The van der Waals surface area contributed by atoms with Crippen molar-refractivity contribution in [3.63, 3.8) is 0 Å². The van der Waals surface area contributed by atoms with Gasteiger partial charge in [-0.15, -0.1) is 0 Å². The Labute approximate surface area is 126 Å². The van der Waals surface area contributed by atoms with E-state index in [1.807, 2.05) is 51.2 Å². The van der Waals surface area contributed by atoms with Gasteiger partial charge in [-0.05, 0) is 61.9 Å². The lowest BCUT2D eigenvalue weighted by Crippen LogP contribution is -2.20. The van der Waals surface area contributed by atoms with Gasteiger partial charge in [-0.3, -0.25) is 0 Å². The van der Waals surface area contributed by atoms with Crippen molar-refractivity contribution in [2.24, 2.45) is 0 Å². The maximum atomic E-state index is 13.4. The van der Waals surface area contributed by atoms with Crippen molar-refractivity contribution in [3.05, 3.63) is 65.0 Å². The van der Waals surface area contributed by atoms with Crippen LogP contribution in [-0.2, 0) is 0 Å². The Kier molecular flexibility index (Phi) is 5.34. The molecular weight excluding hydrogens is 265 g/mol. The van der Waals surface area contributed by atoms with Crippen LogP contribution >= 0.6 is 0 Å². The maximum absolute atomic E-state index is 13.4. The zero-order chi connectivity index (χ0) is 15.2. The molecule has 1 atom stereocenters. The van der Waals surface area contributed by atoms with Gasteiger partial charge in [-0.25, -0.2) is 4.39 Å². The van der Waals surface area contributed by atoms with E-state index in [9.17, 15) is 4.39 Å². The summed E-state index contributed by atoms with van der Waals surface area (Å²) in [6.07, 6.45) is 0.786. The van der Waals surface area contributed by atoms with Gasteiger partial charge in [0.1, 0.15) is 11.6 Å². The lowest BCUT2D eigenvalue weighted by Gasteiger charge is -2.19. The Hall–Kier alpha value is -1.87. The molecule has 0 saturated carbocycles. The number of benzene rings is 2. The average molecular weight is 287 g/mol. The molecular formula is C18H22FNO. The van der Waals surface area contributed by atoms with Crippen LogP contribution in [-0.4, -0.2) is 13.7 Å². The predicted molar refractivity (Wildman–Crippen MR) is 84.2 cm³/mol. The molecule has 0 saturated heterocycles. The van der Waals surface area contributed by atoms with Crippen LogP contribution in [0.15, 0.2) is 42.5 Å². The molecule has 0 fully saturated rings. The molecule has 0 aliphatic rings. The van der Waals surface area contributed by atoms with Crippen molar-refractivity contribution in [1.29, 1.82) is 0 Å². The van der Waals surface area contributed by atoms with Crippen molar-refractivity contribution in [1.82, 2.24) is 5.32 Å². The normalized spacial score (nSPS) is 12.2. The zero-order valence-electron chi connectivity index (χ0n) is 12.8. The van der Waals surface area contributed by atoms with E-state index < -0.39 is 0 Å². The summed E-state index contributed by atoms with van der Waals surface area (Å²) < 4.78 is 19.2. The zero-order valence-corrected chi connectivity index (χ0v) is 12.8. The van der Waals surface area contributed by atoms with Crippen molar-refractivity contribution in [3.8, 4) is 5.75 Å². The van der Waals surface area contributed by atoms with Gasteiger partial charge < -0.3 is 10.1 Å². The second-order valence-electron chi connectivity index (χ2n) is 5.30. The molecule has 3 heteroatoms. The molecule has 0 aliphatic heterocycles. The number of rotatable bonds is 6. The van der Waals surface area contributed by atoms with E-state index in [0.29, 0.717) is 6.61 Å². The molecule has 0 heterocycles. The highest BCUT2D eigenvalue weighted by Crippen LogP contribution is 2.22. The van der Waals surface area contributed by atoms with Gasteiger partial charge in [0.25, 0.3) is 0 Å². The van der Waals surface area contributed by atoms with Crippen molar-refractivity contribution in [2.75, 3.05) is 13.7 Å². The summed E-state index contributed by atoms with van der Waals surface area (Å²) in [4.78, 5) is 0. The van der Waals surface area contributed by atoms with Crippen LogP contribution in [0.2, 0.25) is 0 Å². The smallest absolute Gasteiger partial charge is 0.123 e. The Balaban J connectivity index is 1.98. The van der Waals surface area contributed by atoms with E-state index in [4.69, 9.17) is 4.74 Å². The third-order valence-corrected chi connectivity index (χ3v) is 3.63. The summed E-state index contributed by atoms with van der Waals surface area (Å²) in [6.45, 7) is 4.63. The van der Waals surface area contributed by atoms with Gasteiger partial charge in [0.05, 0.1) is 6.61 Å². The highest BCUT2D eigenvalue weighted by Gasteiger charge is 2.13. The minimum Gasteiger partial charge on any atom is -0.494 e. The molecule has 0 aliphatic carbocycles. The molecule has 2 rings (SSSR count). The van der Waals surface area contributed by atoms with Crippen LogP contribution in [0.1, 0.15) is 29.2 Å². The van der Waals surface area contributed by atoms with Gasteiger partial charge >= 0.3 is 0 Å². The number of aryl methyl sites for hydroxylation is 2. The van der Waals surface area contributed by atoms with Crippen LogP contribution in [0.4, 0.5) is 4.39 Å². The highest BCUT2D eigenvalue weighted by molar-refractivity contribution is 5.30. The average Bonchev–Trinajstić information content (AvgIpc) is 2.47. The molecule has 1 N–H and O–H groups in total. The van der Waals surface area contributed by atoms with Crippen LogP contribution < -0.4 is 10.1 Å². The van der Waals surface area contributed by atoms with Crippen LogP contribution in [0.3, 0.4) is 0 Å². The fourth-order valence-electron chi connectivity index (χ4n) is 2.44. The van der Waals surface area contributed by atoms with Crippen LogP contribution in [0, 0.1) is 19.7 Å². The summed E-state index contributed by atoms with van der Waals surface area (Å²) >= 11 is 0. The first-order valence-electron chi connectivity index (χ1n) is 7.23. The second kappa shape index (κ2) is 7.23. The van der Waals surface area contributed by atoms with Gasteiger partial charge in [0, 0.05) is 12.5 Å². The van der Waals surface area contributed by atoms with Crippen molar-refractivity contribution in [2.45, 2.75) is 26.3 Å². The summed E-state index contributed by atoms with van der Waals surface area (Å²) in [6, 6.07) is 13.0. The Morgan fingerprint density at radius 3 is 2.67 bits per heavy atom. The Morgan fingerprint density at radius 2 is 1.95 bits per heavy atom. The monoisotopic (exact) mass is 287 g/mol. The lowest BCUT2D eigenvalue weighted by molar-refractivity contribution is 0.289. The number of nitrogens with one attached hydrogen (secondary N) is 1. The van der Waals surface area contributed by atoms with Gasteiger partial charge in [0.15, 0.2) is 0 Å². The summed E-state index contributed by atoms with van der Waals surface area (Å²) in [5.74, 6) is 0.677. The summed E-state index contributed by atoms with van der Waals surface area (Å²) in [5.41, 5.74) is 3.26. The molecule has 21 heavy (non-hydrogen) atoms. The van der Waals surface area contributed by atoms with E-state index >= 15 is 0 Å². The third-order valence-electron chi connectivity index (χ3n) is 3.63. The van der Waals surface area contributed by atoms with E-state index in [0.717, 1.165) is 23.3 Å². The first-order chi connectivity index (χ1) is 10.1. The number of hydrogen-bond donors (Lipinski definition) is 1. The molecule has 0 amide bonds. The minimum atomic E-state index is -0.199. The van der Waals surface area contributed by atoms with E-state index in [2.05, 4.69) is 5.32 Å². The fourth-order valence-corrected chi connectivity index (χ4v) is 2.44. The lowest BCUT2D eigenvalue weighted by atomic mass is 9.99. The summed E-state index contributed by atoms with van der Waals surface area (Å²) in [5, 5.41) is 3.24. The van der Waals surface area contributed by atoms with Gasteiger partial charge in [-0.1, -0.05) is 18.2 Å². The topological polar surface area (TPSA) is 21.3 Å². The molecule has 0 spiro atoms. The van der Waals surface area contributed by atoms with E-state index in [1.165, 1.54) is 11.6 Å². The van der Waals surface area contributed by atoms with Crippen molar-refractivity contribution >= 4 is 0 Å². The first kappa shape index (κ1) is 15.5. The van der Waals surface area contributed by atoms with E-state index in [-0.39, 0.29) is 11.9 Å². The predicted octanol–water partition coefficient (Wildman–Crippen LogP) is 4.17. The van der Waals surface area contributed by atoms with Gasteiger partial charge in [-0.2, -0.15) is 0 Å². The third kappa shape index (κ3) is 4.30. The fraction of sp³-hybridized carbons (Fsp3) is 0.333. The molecule has 2 aromatic carbocycles. The SMILES string of the molecule is CNC(CCOc1cccc(C)c1)c1cc(F)ccc1C. The largest absolute Gasteiger partial charge is 0.494 e.